The summed E-state index contributed by atoms with van der Waals surface area (Å²) in [6, 6.07) is 5.52. The second kappa shape index (κ2) is 3.51. The average molecular weight is 259 g/mol. The van der Waals surface area contributed by atoms with Crippen molar-refractivity contribution in [2.24, 2.45) is 0 Å². The van der Waals surface area contributed by atoms with Crippen molar-refractivity contribution in [3.63, 3.8) is 0 Å². The molecule has 1 saturated heterocycles. The Balaban J connectivity index is 1.88. The Bertz CT molecular complexity index is 571. The summed E-state index contributed by atoms with van der Waals surface area (Å²) in [4.78, 5) is 14.6. The van der Waals surface area contributed by atoms with Crippen LogP contribution in [0.3, 0.4) is 0 Å². The topological polar surface area (TPSA) is 49.8 Å². The van der Waals surface area contributed by atoms with Gasteiger partial charge in [-0.2, -0.15) is 0 Å². The van der Waals surface area contributed by atoms with Crippen molar-refractivity contribution in [1.82, 2.24) is 4.90 Å². The molecule has 3 aliphatic rings. The summed E-state index contributed by atoms with van der Waals surface area (Å²) in [6.45, 7) is 0.979. The van der Waals surface area contributed by atoms with E-state index < -0.39 is 0 Å². The van der Waals surface area contributed by atoms with E-state index in [0.29, 0.717) is 12.5 Å². The summed E-state index contributed by atoms with van der Waals surface area (Å²) in [5.74, 6) is 1.24. The van der Waals surface area contributed by atoms with E-state index in [-0.39, 0.29) is 23.1 Å². The van der Waals surface area contributed by atoms with E-state index in [4.69, 9.17) is 4.74 Å². The third-order valence-corrected chi connectivity index (χ3v) is 5.11. The molecule has 2 heterocycles. The van der Waals surface area contributed by atoms with Crippen LogP contribution < -0.4 is 4.74 Å². The molecule has 4 heteroatoms. The number of benzene rings is 1. The molecule has 1 spiro atoms. The van der Waals surface area contributed by atoms with Gasteiger partial charge in [-0.1, -0.05) is 0 Å². The highest BCUT2D eigenvalue weighted by atomic mass is 16.5. The predicted octanol–water partition coefficient (Wildman–Crippen LogP) is 1.46. The summed E-state index contributed by atoms with van der Waals surface area (Å²) in [5, 5.41) is 9.75. The molecule has 0 unspecified atom stereocenters. The van der Waals surface area contributed by atoms with Crippen molar-refractivity contribution in [3.05, 3.63) is 23.8 Å². The van der Waals surface area contributed by atoms with Crippen molar-refractivity contribution in [1.29, 1.82) is 0 Å². The van der Waals surface area contributed by atoms with E-state index in [0.717, 1.165) is 30.7 Å². The zero-order valence-corrected chi connectivity index (χ0v) is 10.9. The van der Waals surface area contributed by atoms with Crippen molar-refractivity contribution in [3.8, 4) is 11.5 Å². The maximum Gasteiger partial charge on any atom is 0.175 e. The molecular formula is C15H17NO3. The first-order chi connectivity index (χ1) is 9.10. The lowest BCUT2D eigenvalue weighted by Crippen LogP contribution is -2.59. The Hall–Kier alpha value is -1.55. The molecular weight excluding hydrogens is 242 g/mol. The van der Waals surface area contributed by atoms with Gasteiger partial charge in [0.05, 0.1) is 0 Å². The first-order valence-electron chi connectivity index (χ1n) is 6.83. The summed E-state index contributed by atoms with van der Waals surface area (Å²) >= 11 is 0. The van der Waals surface area contributed by atoms with Gasteiger partial charge in [-0.15, -0.1) is 0 Å². The van der Waals surface area contributed by atoms with E-state index in [1.165, 1.54) is 0 Å². The third-order valence-electron chi connectivity index (χ3n) is 5.11. The SMILES string of the molecule is CN1CC[C@@]23C[C@H]1CC(=O)[C@H]2Oc1ccc(O)cc13. The fourth-order valence-corrected chi connectivity index (χ4v) is 4.05. The number of hydrogen-bond donors (Lipinski definition) is 1. The molecule has 2 bridgehead atoms. The molecule has 0 amide bonds. The Morgan fingerprint density at radius 2 is 2.32 bits per heavy atom. The van der Waals surface area contributed by atoms with Gasteiger partial charge in [0.1, 0.15) is 11.5 Å². The van der Waals surface area contributed by atoms with Crippen LogP contribution in [0.5, 0.6) is 11.5 Å². The van der Waals surface area contributed by atoms with Crippen molar-refractivity contribution >= 4 is 5.78 Å². The number of ketones is 1. The van der Waals surface area contributed by atoms with Crippen LogP contribution in [-0.4, -0.2) is 41.5 Å². The van der Waals surface area contributed by atoms with Gasteiger partial charge in [0, 0.05) is 23.4 Å². The molecule has 1 saturated carbocycles. The van der Waals surface area contributed by atoms with Gasteiger partial charge in [-0.3, -0.25) is 4.79 Å². The normalized spacial score (nSPS) is 36.6. The zero-order chi connectivity index (χ0) is 13.2. The van der Waals surface area contributed by atoms with E-state index >= 15 is 0 Å². The lowest BCUT2D eigenvalue weighted by atomic mass is 9.62. The molecule has 1 aliphatic carbocycles. The number of phenolic OH excluding ortho intramolecular Hbond substituents is 1. The van der Waals surface area contributed by atoms with Crippen LogP contribution in [0, 0.1) is 0 Å². The number of nitrogens with zero attached hydrogens (tertiary/aromatic N) is 1. The van der Waals surface area contributed by atoms with Crippen LogP contribution in [0.1, 0.15) is 24.8 Å². The van der Waals surface area contributed by atoms with Gasteiger partial charge in [0.15, 0.2) is 11.9 Å². The molecule has 0 aromatic heterocycles. The smallest absolute Gasteiger partial charge is 0.175 e. The number of Topliss-reactive ketones (excluding diaryl/α,β-unsaturated/α-hetero) is 1. The first kappa shape index (κ1) is 11.3. The van der Waals surface area contributed by atoms with E-state index in [1.54, 1.807) is 18.2 Å². The fraction of sp³-hybridized carbons (Fsp3) is 0.533. The highest BCUT2D eigenvalue weighted by Crippen LogP contribution is 2.54. The number of fused-ring (bicyclic) bond motifs is 2. The number of likely N-dealkylation sites (tertiary alicyclic amines) is 1. The number of aromatic hydroxyl groups is 1. The van der Waals surface area contributed by atoms with Crippen LogP contribution in [0.25, 0.3) is 0 Å². The summed E-state index contributed by atoms with van der Waals surface area (Å²) in [5.41, 5.74) is 0.823. The number of phenols is 1. The van der Waals surface area contributed by atoms with Crippen LogP contribution in [0.15, 0.2) is 18.2 Å². The molecule has 2 fully saturated rings. The minimum Gasteiger partial charge on any atom is -0.508 e. The predicted molar refractivity (Wildman–Crippen MR) is 69.5 cm³/mol. The molecule has 4 nitrogen and oxygen atoms in total. The largest absolute Gasteiger partial charge is 0.508 e. The number of hydrogen-bond acceptors (Lipinski definition) is 4. The number of carbonyl (C=O) groups is 1. The highest BCUT2D eigenvalue weighted by Gasteiger charge is 2.58. The molecule has 100 valence electrons. The van der Waals surface area contributed by atoms with Gasteiger partial charge in [0.2, 0.25) is 0 Å². The van der Waals surface area contributed by atoms with Gasteiger partial charge < -0.3 is 14.7 Å². The Morgan fingerprint density at radius 3 is 3.16 bits per heavy atom. The fourth-order valence-electron chi connectivity index (χ4n) is 4.05. The molecule has 19 heavy (non-hydrogen) atoms. The highest BCUT2D eigenvalue weighted by molar-refractivity contribution is 5.88. The maximum absolute atomic E-state index is 12.4. The van der Waals surface area contributed by atoms with Gasteiger partial charge >= 0.3 is 0 Å². The number of carbonyl (C=O) groups excluding carboxylic acids is 1. The monoisotopic (exact) mass is 259 g/mol. The maximum atomic E-state index is 12.4. The van der Waals surface area contributed by atoms with Crippen molar-refractivity contribution < 1.29 is 14.6 Å². The van der Waals surface area contributed by atoms with E-state index in [2.05, 4.69) is 11.9 Å². The van der Waals surface area contributed by atoms with Gasteiger partial charge in [-0.05, 0) is 44.6 Å². The number of rotatable bonds is 0. The van der Waals surface area contributed by atoms with Crippen molar-refractivity contribution in [2.45, 2.75) is 36.8 Å². The van der Waals surface area contributed by atoms with Gasteiger partial charge in [0.25, 0.3) is 0 Å². The van der Waals surface area contributed by atoms with Crippen LogP contribution >= 0.6 is 0 Å². The molecule has 1 aromatic carbocycles. The quantitative estimate of drug-likeness (QED) is 0.766. The molecule has 3 atom stereocenters. The summed E-state index contributed by atoms with van der Waals surface area (Å²) < 4.78 is 5.91. The Kier molecular flexibility index (Phi) is 2.09. The van der Waals surface area contributed by atoms with Gasteiger partial charge in [-0.25, -0.2) is 0 Å². The second-order valence-corrected chi connectivity index (χ2v) is 6.09. The lowest BCUT2D eigenvalue weighted by Gasteiger charge is -2.48. The van der Waals surface area contributed by atoms with E-state index in [1.807, 2.05) is 0 Å². The molecule has 0 radical (unpaired) electrons. The number of piperidine rings is 1. The lowest BCUT2D eigenvalue weighted by molar-refractivity contribution is -0.135. The third kappa shape index (κ3) is 1.35. The minimum atomic E-state index is -0.339. The minimum absolute atomic E-state index is 0.207. The average Bonchev–Trinajstić information content (AvgIpc) is 2.70. The van der Waals surface area contributed by atoms with Crippen LogP contribution in [0.4, 0.5) is 0 Å². The Labute approximate surface area is 112 Å². The van der Waals surface area contributed by atoms with Crippen molar-refractivity contribution in [2.75, 3.05) is 13.6 Å². The molecule has 1 N–H and O–H groups in total. The molecule has 4 rings (SSSR count). The van der Waals surface area contributed by atoms with E-state index in [9.17, 15) is 9.90 Å². The summed E-state index contributed by atoms with van der Waals surface area (Å²) in [7, 11) is 2.09. The van der Waals surface area contributed by atoms with Crippen LogP contribution in [0.2, 0.25) is 0 Å². The zero-order valence-electron chi connectivity index (χ0n) is 10.9. The molecule has 1 aromatic rings. The Morgan fingerprint density at radius 1 is 1.47 bits per heavy atom. The first-order valence-corrected chi connectivity index (χ1v) is 6.83. The second-order valence-electron chi connectivity index (χ2n) is 6.09. The molecule has 2 aliphatic heterocycles. The number of ether oxygens (including phenoxy) is 1. The standard InChI is InChI=1S/C15H17NO3/c1-16-5-4-15-8-9(16)6-12(18)14(15)19-13-3-2-10(17)7-11(13)15/h2-3,7,9,14,17H,4-6,8H2,1H3/t9-,14-,15+/m1/s1. The summed E-state index contributed by atoms with van der Waals surface area (Å²) in [6.07, 6.45) is 2.13. The van der Waals surface area contributed by atoms with Crippen LogP contribution in [-0.2, 0) is 10.2 Å².